The number of aliphatic hydroxyl groups is 6. The lowest BCUT2D eigenvalue weighted by Crippen LogP contribution is -2.65. The molecule has 124 heavy (non-hydrogen) atoms. The molecule has 6 aromatic rings. The van der Waals surface area contributed by atoms with Crippen LogP contribution >= 0.6 is 23.2 Å². The van der Waals surface area contributed by atoms with E-state index in [4.69, 9.17) is 62.1 Å². The summed E-state index contributed by atoms with van der Waals surface area (Å²) in [6, 6.07) is 6.22. The van der Waals surface area contributed by atoms with Gasteiger partial charge in [0.15, 0.2) is 29.9 Å². The second kappa shape index (κ2) is 36.5. The zero-order chi connectivity index (χ0) is 88.9. The van der Waals surface area contributed by atoms with Crippen LogP contribution in [-0.2, 0) is 68.7 Å². The summed E-state index contributed by atoms with van der Waals surface area (Å²) < 4.78 is 45.6. The first-order valence-corrected chi connectivity index (χ1v) is 40.9. The third-order valence-electron chi connectivity index (χ3n) is 23.7. The lowest BCUT2D eigenvalue weighted by molar-refractivity contribution is -0.334. The van der Waals surface area contributed by atoms with Gasteiger partial charge < -0.3 is 132 Å². The fourth-order valence-corrected chi connectivity index (χ4v) is 17.7. The van der Waals surface area contributed by atoms with Crippen molar-refractivity contribution in [2.24, 2.45) is 35.3 Å². The number of nitrogens with zero attached hydrogens (tertiary/aromatic N) is 1. The van der Waals surface area contributed by atoms with E-state index < -0.39 is 237 Å². The fourth-order valence-electron chi connectivity index (χ4n) is 17.2. The van der Waals surface area contributed by atoms with E-state index >= 15 is 14.4 Å². The highest BCUT2D eigenvalue weighted by atomic mass is 35.5. The molecular weight excluding hydrogens is 1660 g/mol. The molecule has 22 atom stereocenters. The fraction of sp³-hybridized carbons (Fsp3) is 0.435. The van der Waals surface area contributed by atoms with Crippen LogP contribution in [0.25, 0.3) is 11.1 Å². The summed E-state index contributed by atoms with van der Waals surface area (Å²) in [5.74, 6) is -16.4. The number of carbonyl (C=O) groups excluding carboxylic acids is 9. The Morgan fingerprint density at radius 2 is 1.31 bits per heavy atom. The Morgan fingerprint density at radius 3 is 1.93 bits per heavy atom. The van der Waals surface area contributed by atoms with E-state index in [9.17, 15) is 84.6 Å². The molecule has 10 aliphatic rings. The number of likely N-dealkylation sites (tertiary alicyclic amines) is 1. The topological polar surface area (TPSA) is 563 Å². The summed E-state index contributed by atoms with van der Waals surface area (Å²) in [5.41, 5.74) is 2.30. The average molecular weight is 1760 g/mol. The van der Waals surface area contributed by atoms with E-state index in [0.717, 1.165) is 78.7 Å². The molecule has 0 unspecified atom stereocenters. The summed E-state index contributed by atoms with van der Waals surface area (Å²) in [5, 5.41) is 137. The summed E-state index contributed by atoms with van der Waals surface area (Å²) in [4.78, 5) is 146. The minimum absolute atomic E-state index is 0.0895. The number of benzene rings is 6. The summed E-state index contributed by atoms with van der Waals surface area (Å²) >= 11 is 14.3. The van der Waals surface area contributed by atoms with E-state index in [2.05, 4.69) is 42.5 Å². The predicted octanol–water partition coefficient (Wildman–Crippen LogP) is 2.51. The Kier molecular flexibility index (Phi) is 26.2. The number of nitrogens with two attached hydrogens (primary N) is 1. The second-order valence-electron chi connectivity index (χ2n) is 32.7. The van der Waals surface area contributed by atoms with E-state index in [1.807, 2.05) is 26.0 Å². The zero-order valence-electron chi connectivity index (χ0n) is 67.2. The molecule has 4 fully saturated rings. The van der Waals surface area contributed by atoms with Crippen LogP contribution in [0.3, 0.4) is 0 Å². The number of ether oxygens (including phenoxy) is 7. The van der Waals surface area contributed by atoms with Crippen LogP contribution < -0.4 is 67.2 Å². The number of hydrogen-bond donors (Lipinski definition) is 19. The van der Waals surface area contributed by atoms with Gasteiger partial charge in [-0.15, -0.1) is 0 Å². The Morgan fingerprint density at radius 1 is 0.694 bits per heavy atom. The molecular formula is C85H94Cl2N10O27. The largest absolute Gasteiger partial charge is 0.508 e. The first-order chi connectivity index (χ1) is 59.0. The van der Waals surface area contributed by atoms with Crippen LogP contribution in [0.15, 0.2) is 115 Å². The molecule has 8 aliphatic heterocycles. The van der Waals surface area contributed by atoms with Gasteiger partial charge in [0, 0.05) is 47.8 Å². The van der Waals surface area contributed by atoms with Crippen LogP contribution in [-0.4, -0.2) is 221 Å². The Labute approximate surface area is 717 Å². The third kappa shape index (κ3) is 18.2. The SMILES string of the molecule is CN[C@H](CC(C)C)C(=O)N[C@H]1C(=O)N[C@@H](CC(N)=O)C(=O)N[C@H]2C(=O)N[C@H]3C(=O)N[C@H](C(=O)N[C@H](C(=O)O)c4cc(O)cc(O)c4-c4cc3ccc4O)[C@H](O)c3ccc(c(Cl)c3)Oc3cc2cc(c3O[C@@H]2O[C@H](CO)[C@@H](O)[C@H](O)[C@H]2O[C@H]2C[C@](C)(NCc3ccc(OCCCN4C(=O)[C@@H]5[C@H](C4=O)[C@H]4C=C[C@@H]5C4)cc3)[C@H](O)[C@H](C)O2)Oc2ccc(cc2Cl)[C@H]1O. The minimum atomic E-state index is -2.38. The monoisotopic (exact) mass is 1760 g/mol. The smallest absolute Gasteiger partial charge is 0.330 e. The Balaban J connectivity index is 0.861. The number of aromatic hydroxyl groups is 3. The number of carboxylic acid groups (broad SMARTS) is 1. The number of amides is 9. The molecule has 1 saturated carbocycles. The number of phenols is 3. The number of carbonyl (C=O) groups is 10. The maximum absolute atomic E-state index is 16.2. The van der Waals surface area contributed by atoms with Gasteiger partial charge in [-0.3, -0.25) is 48.1 Å². The molecule has 2 aliphatic carbocycles. The zero-order valence-corrected chi connectivity index (χ0v) is 68.7. The number of primary amides is 1. The molecule has 6 aromatic carbocycles. The third-order valence-corrected chi connectivity index (χ3v) is 24.3. The number of fused-ring (bicyclic) bond motifs is 20. The van der Waals surface area contributed by atoms with Gasteiger partial charge >= 0.3 is 5.97 Å². The van der Waals surface area contributed by atoms with Gasteiger partial charge in [-0.2, -0.15) is 0 Å². The van der Waals surface area contributed by atoms with Gasteiger partial charge in [0.25, 0.3) is 0 Å². The molecule has 0 aromatic heterocycles. The maximum atomic E-state index is 16.2. The molecule has 3 saturated heterocycles. The first-order valence-electron chi connectivity index (χ1n) is 40.2. The molecule has 37 nitrogen and oxygen atoms in total. The van der Waals surface area contributed by atoms with Gasteiger partial charge in [-0.1, -0.05) is 79.5 Å². The minimum Gasteiger partial charge on any atom is -0.508 e. The normalized spacial score (nSPS) is 29.9. The van der Waals surface area contributed by atoms with Gasteiger partial charge in [0.1, 0.15) is 95.2 Å². The van der Waals surface area contributed by atoms with Crippen LogP contribution in [0.4, 0.5) is 0 Å². The number of imide groups is 1. The second-order valence-corrected chi connectivity index (χ2v) is 33.5. The number of aliphatic hydroxyl groups excluding tert-OH is 6. The molecule has 8 heterocycles. The van der Waals surface area contributed by atoms with E-state index in [1.54, 1.807) is 38.1 Å². The van der Waals surface area contributed by atoms with E-state index in [-0.39, 0.29) is 101 Å². The van der Waals surface area contributed by atoms with E-state index in [0.29, 0.717) is 12.2 Å². The molecule has 660 valence electrons. The highest BCUT2D eigenvalue weighted by Gasteiger charge is 2.59. The van der Waals surface area contributed by atoms with Crippen molar-refractivity contribution >= 4 is 82.3 Å². The lowest BCUT2D eigenvalue weighted by Gasteiger charge is -2.48. The number of nitrogens with one attached hydrogen (secondary N) is 8. The van der Waals surface area contributed by atoms with Crippen molar-refractivity contribution in [1.82, 2.24) is 47.4 Å². The van der Waals surface area contributed by atoms with Crippen LogP contribution in [0.5, 0.6) is 51.7 Å². The van der Waals surface area contributed by atoms with Crippen LogP contribution in [0, 0.1) is 29.6 Å². The summed E-state index contributed by atoms with van der Waals surface area (Å²) in [7, 11) is 1.47. The van der Waals surface area contributed by atoms with Crippen molar-refractivity contribution in [3.63, 3.8) is 0 Å². The van der Waals surface area contributed by atoms with Crippen molar-refractivity contribution in [1.29, 1.82) is 0 Å². The number of rotatable bonds is 21. The molecule has 13 bridgehead atoms. The Hall–Kier alpha value is -11.3. The highest BCUT2D eigenvalue weighted by Crippen LogP contribution is 2.54. The first kappa shape index (κ1) is 89.0. The number of aliphatic carboxylic acids is 1. The number of phenolic OH excluding ortho intramolecular Hbond substituents is 3. The van der Waals surface area contributed by atoms with Gasteiger partial charge in [0.05, 0.1) is 59.8 Å². The standard InChI is InChI=1S/C85H94Cl2N10O27/c1-34(2)21-49(89-5)75(108)95-66-68(103)40-12-17-53(47(86)24-40)120-55-26-42-27-56(72(55)124-84-73(71(106)70(105)57(33-98)122-84)123-59-31-85(4,74(107)35(3)119-59)90-32-36-7-14-44(15-8-36)118-20-6-19-97-81(114)60-37-9-10-38(22-37)61(60)82(97)115)121-54-18-13-41(25-48(54)87)69(104)67-80(113)94-65(83(116)117)46-28-43(99)29-52(101)62(46)45-23-39(11-16-51(45)100)63(77(110)96-67)93-78(111)64(42)92-76(109)50(30-58(88)102)91-79(66)112/h7-18,23-29,34-35,37-38,49-50,57,59-61,63-71,73-74,84,89-90,98-101,103-107H,6,19-22,30-33H2,1-5H3,(H2,88,102)(H,91,112)(H,92,109)(H,93,111)(H,94,113)(H,95,108)(H,96,110)(H,116,117)/t35-,37-,38+,49+,50-,57+,59-,60+,61-,63+,64+,65-,66+,67-,68+,69+,70+,71-,73+,74+,84-,85-/m0/s1. The lowest BCUT2D eigenvalue weighted by atomic mass is 9.84. The van der Waals surface area contributed by atoms with Crippen molar-refractivity contribution in [2.45, 2.75) is 176 Å². The molecule has 0 spiro atoms. The maximum Gasteiger partial charge on any atom is 0.330 e. The van der Waals surface area contributed by atoms with E-state index in [1.165, 1.54) is 24.1 Å². The van der Waals surface area contributed by atoms with Gasteiger partial charge in [0.2, 0.25) is 65.2 Å². The summed E-state index contributed by atoms with van der Waals surface area (Å²) in [6.45, 7) is 6.44. The van der Waals surface area contributed by atoms with Crippen molar-refractivity contribution < 1.29 is 132 Å². The number of halogens is 2. The molecule has 0 radical (unpaired) electrons. The number of carboxylic acids is 1. The quantitative estimate of drug-likeness (QED) is 0.0280. The number of hydrogen-bond acceptors (Lipinski definition) is 28. The highest BCUT2D eigenvalue weighted by molar-refractivity contribution is 6.32. The number of allylic oxidation sites excluding steroid dienone is 2. The molecule has 9 amide bonds. The van der Waals surface area contributed by atoms with Crippen molar-refractivity contribution in [3.8, 4) is 62.9 Å². The molecule has 39 heteroatoms. The average Bonchev–Trinajstić information content (AvgIpc) is 1.54. The number of likely N-dealkylation sites (N-methyl/N-ethyl adjacent to an activating group) is 1. The molecule has 20 N–H and O–H groups in total. The van der Waals surface area contributed by atoms with Crippen LogP contribution in [0.2, 0.25) is 10.0 Å². The van der Waals surface area contributed by atoms with Crippen molar-refractivity contribution in [2.75, 3.05) is 26.8 Å². The Bertz CT molecular complexity index is 5190. The summed E-state index contributed by atoms with van der Waals surface area (Å²) in [6.07, 6.45) is -13.7. The van der Waals surface area contributed by atoms with Gasteiger partial charge in [-0.25, -0.2) is 4.79 Å². The van der Waals surface area contributed by atoms with Crippen LogP contribution in [0.1, 0.15) is 124 Å². The van der Waals surface area contributed by atoms with Gasteiger partial charge in [-0.05, 0) is 152 Å². The predicted molar refractivity (Wildman–Crippen MR) is 433 cm³/mol. The van der Waals surface area contributed by atoms with Crippen molar-refractivity contribution in [3.05, 3.63) is 159 Å². The molecule has 16 rings (SSSR count).